The van der Waals surface area contributed by atoms with Crippen LogP contribution in [0.5, 0.6) is 0 Å². The van der Waals surface area contributed by atoms with Gasteiger partial charge in [-0.15, -0.1) is 0 Å². The maximum atomic E-state index is 11.8. The number of carbonyl (C=O) groups is 1. The average Bonchev–Trinajstić information content (AvgIpc) is 3.04. The van der Waals surface area contributed by atoms with E-state index in [1.165, 1.54) is 5.69 Å². The predicted molar refractivity (Wildman–Crippen MR) is 104 cm³/mol. The minimum Gasteiger partial charge on any atom is -0.356 e. The topological polar surface area (TPSA) is 59.3 Å². The van der Waals surface area contributed by atoms with Crippen LogP contribution in [0.3, 0.4) is 0 Å². The lowest BCUT2D eigenvalue weighted by molar-refractivity contribution is -0.124. The van der Waals surface area contributed by atoms with Gasteiger partial charge in [-0.2, -0.15) is 5.10 Å². The third-order valence-electron chi connectivity index (χ3n) is 5.51. The van der Waals surface area contributed by atoms with Crippen molar-refractivity contribution in [3.63, 3.8) is 0 Å². The first-order valence-electron chi connectivity index (χ1n) is 9.88. The number of carbonyl (C=O) groups excluding carboxylic acids is 1. The van der Waals surface area contributed by atoms with E-state index in [1.54, 1.807) is 0 Å². The van der Waals surface area contributed by atoms with Crippen molar-refractivity contribution in [3.8, 4) is 0 Å². The van der Waals surface area contributed by atoms with E-state index in [2.05, 4.69) is 43.2 Å². The summed E-state index contributed by atoms with van der Waals surface area (Å²) in [6.45, 7) is 11.3. The van der Waals surface area contributed by atoms with Gasteiger partial charge in [0.1, 0.15) is 0 Å². The Kier molecular flexibility index (Phi) is 5.35. The van der Waals surface area contributed by atoms with E-state index in [0.29, 0.717) is 11.8 Å². The zero-order valence-corrected chi connectivity index (χ0v) is 16.7. The summed E-state index contributed by atoms with van der Waals surface area (Å²) < 4.78 is 2.05. The van der Waals surface area contributed by atoms with Crippen molar-refractivity contribution >= 4 is 11.6 Å². The molecular formula is C21H32N4O. The van der Waals surface area contributed by atoms with Crippen LogP contribution in [0.25, 0.3) is 5.65 Å². The molecule has 0 atom stereocenters. The van der Waals surface area contributed by atoms with Crippen LogP contribution >= 0.6 is 0 Å². The van der Waals surface area contributed by atoms with Crippen molar-refractivity contribution in [1.82, 2.24) is 19.9 Å². The Labute approximate surface area is 156 Å². The van der Waals surface area contributed by atoms with Crippen LogP contribution in [-0.4, -0.2) is 27.0 Å². The van der Waals surface area contributed by atoms with Crippen LogP contribution in [0.4, 0.5) is 0 Å². The summed E-state index contributed by atoms with van der Waals surface area (Å²) in [6.07, 6.45) is 6.51. The van der Waals surface area contributed by atoms with E-state index in [-0.39, 0.29) is 17.2 Å². The van der Waals surface area contributed by atoms with Gasteiger partial charge in [-0.25, -0.2) is 9.50 Å². The van der Waals surface area contributed by atoms with Gasteiger partial charge in [0, 0.05) is 41.8 Å². The van der Waals surface area contributed by atoms with E-state index in [4.69, 9.17) is 5.10 Å². The van der Waals surface area contributed by atoms with Crippen LogP contribution in [0.2, 0.25) is 0 Å². The number of hydrogen-bond acceptors (Lipinski definition) is 3. The van der Waals surface area contributed by atoms with Crippen molar-refractivity contribution < 1.29 is 4.79 Å². The van der Waals surface area contributed by atoms with Crippen molar-refractivity contribution in [1.29, 1.82) is 0 Å². The molecule has 2 aromatic heterocycles. The molecular weight excluding hydrogens is 324 g/mol. The second-order valence-electron chi connectivity index (χ2n) is 9.04. The molecule has 1 aliphatic rings. The number of hydrogen-bond donors (Lipinski definition) is 1. The first kappa shape index (κ1) is 18.9. The Morgan fingerprint density at radius 2 is 1.96 bits per heavy atom. The molecule has 1 amide bonds. The van der Waals surface area contributed by atoms with Gasteiger partial charge in [0.2, 0.25) is 5.91 Å². The third kappa shape index (κ3) is 4.08. The molecule has 0 spiro atoms. The normalized spacial score (nSPS) is 21.3. The number of amides is 1. The summed E-state index contributed by atoms with van der Waals surface area (Å²) in [5.41, 5.74) is 3.33. The van der Waals surface area contributed by atoms with E-state index in [0.717, 1.165) is 43.6 Å². The predicted octanol–water partition coefficient (Wildman–Crippen LogP) is 4.07. The van der Waals surface area contributed by atoms with E-state index in [9.17, 15) is 4.79 Å². The molecule has 1 saturated carbocycles. The molecule has 2 aromatic rings. The molecule has 2 heterocycles. The monoisotopic (exact) mass is 356 g/mol. The zero-order chi connectivity index (χ0) is 18.9. The van der Waals surface area contributed by atoms with Gasteiger partial charge < -0.3 is 5.32 Å². The van der Waals surface area contributed by atoms with Gasteiger partial charge in [0.25, 0.3) is 0 Å². The Hall–Kier alpha value is -1.91. The molecule has 142 valence electrons. The Bertz CT molecular complexity index is 764. The Morgan fingerprint density at radius 3 is 2.58 bits per heavy atom. The van der Waals surface area contributed by atoms with Gasteiger partial charge in [0.05, 0.1) is 5.69 Å². The fourth-order valence-corrected chi connectivity index (χ4v) is 3.70. The molecule has 1 aliphatic carbocycles. The molecule has 1 N–H and O–H groups in total. The highest BCUT2D eigenvalue weighted by Crippen LogP contribution is 2.36. The number of aromatic nitrogens is 3. The number of rotatable bonds is 4. The molecule has 26 heavy (non-hydrogen) atoms. The van der Waals surface area contributed by atoms with Crippen molar-refractivity contribution in [3.05, 3.63) is 29.7 Å². The van der Waals surface area contributed by atoms with E-state index < -0.39 is 0 Å². The standard InChI is InChI=1S/C21H32N4O/c1-14(2)20(26)23-13-15-6-8-16(9-7-15)17-10-11-22-19-12-18(21(3,4)5)24-25(17)19/h10-12,14-16H,6-9,13H2,1-5H3,(H,23,26). The highest BCUT2D eigenvalue weighted by molar-refractivity contribution is 5.77. The molecule has 0 aromatic carbocycles. The molecule has 0 saturated heterocycles. The smallest absolute Gasteiger partial charge is 0.222 e. The first-order valence-corrected chi connectivity index (χ1v) is 9.88. The summed E-state index contributed by atoms with van der Waals surface area (Å²) in [7, 11) is 0. The molecule has 0 radical (unpaired) electrons. The molecule has 5 nitrogen and oxygen atoms in total. The first-order chi connectivity index (χ1) is 12.3. The van der Waals surface area contributed by atoms with Crippen molar-refractivity contribution in [2.75, 3.05) is 6.54 Å². The SMILES string of the molecule is CC(C)C(=O)NCC1CCC(c2ccnc3cc(C(C)(C)C)nn23)CC1. The molecule has 0 bridgehead atoms. The van der Waals surface area contributed by atoms with Crippen LogP contribution < -0.4 is 5.32 Å². The van der Waals surface area contributed by atoms with Crippen molar-refractivity contribution in [2.45, 2.75) is 71.6 Å². The van der Waals surface area contributed by atoms with E-state index in [1.807, 2.05) is 24.6 Å². The summed E-state index contributed by atoms with van der Waals surface area (Å²) in [5.74, 6) is 1.33. The summed E-state index contributed by atoms with van der Waals surface area (Å²) in [6, 6.07) is 4.23. The molecule has 1 fully saturated rings. The van der Waals surface area contributed by atoms with Crippen LogP contribution in [0.15, 0.2) is 18.3 Å². The third-order valence-corrected chi connectivity index (χ3v) is 5.51. The van der Waals surface area contributed by atoms with Crippen LogP contribution in [0, 0.1) is 11.8 Å². The Morgan fingerprint density at radius 1 is 1.27 bits per heavy atom. The van der Waals surface area contributed by atoms with Crippen LogP contribution in [0.1, 0.15) is 77.6 Å². The number of nitrogens with zero attached hydrogens (tertiary/aromatic N) is 3. The summed E-state index contributed by atoms with van der Waals surface area (Å²) >= 11 is 0. The highest BCUT2D eigenvalue weighted by atomic mass is 16.1. The van der Waals surface area contributed by atoms with Gasteiger partial charge in [-0.1, -0.05) is 34.6 Å². The minimum absolute atomic E-state index is 0.0251. The number of nitrogens with one attached hydrogen (secondary N) is 1. The molecule has 5 heteroatoms. The zero-order valence-electron chi connectivity index (χ0n) is 16.7. The largest absolute Gasteiger partial charge is 0.356 e. The second kappa shape index (κ2) is 7.37. The lowest BCUT2D eigenvalue weighted by Crippen LogP contribution is -2.33. The minimum atomic E-state index is 0.0251. The molecule has 0 aliphatic heterocycles. The highest BCUT2D eigenvalue weighted by Gasteiger charge is 2.26. The lowest BCUT2D eigenvalue weighted by Gasteiger charge is -2.29. The van der Waals surface area contributed by atoms with Gasteiger partial charge in [0.15, 0.2) is 5.65 Å². The maximum Gasteiger partial charge on any atom is 0.222 e. The lowest BCUT2D eigenvalue weighted by atomic mass is 9.80. The van der Waals surface area contributed by atoms with E-state index >= 15 is 0 Å². The molecule has 3 rings (SSSR count). The fourth-order valence-electron chi connectivity index (χ4n) is 3.70. The quantitative estimate of drug-likeness (QED) is 0.898. The van der Waals surface area contributed by atoms with Crippen LogP contribution in [-0.2, 0) is 10.2 Å². The second-order valence-corrected chi connectivity index (χ2v) is 9.04. The summed E-state index contributed by atoms with van der Waals surface area (Å²) in [4.78, 5) is 16.3. The molecule has 0 unspecified atom stereocenters. The van der Waals surface area contributed by atoms with Gasteiger partial charge in [-0.3, -0.25) is 4.79 Å². The maximum absolute atomic E-state index is 11.8. The van der Waals surface area contributed by atoms with Gasteiger partial charge >= 0.3 is 0 Å². The fraction of sp³-hybridized carbons (Fsp3) is 0.667. The Balaban J connectivity index is 1.68. The number of fused-ring (bicyclic) bond motifs is 1. The van der Waals surface area contributed by atoms with Gasteiger partial charge in [-0.05, 0) is 37.7 Å². The average molecular weight is 357 g/mol. The summed E-state index contributed by atoms with van der Waals surface area (Å²) in [5, 5.41) is 7.94. The van der Waals surface area contributed by atoms with Crippen molar-refractivity contribution in [2.24, 2.45) is 11.8 Å².